The quantitative estimate of drug-likeness (QED) is 0.672. The lowest BCUT2D eigenvalue weighted by Crippen LogP contribution is -2.32. The van der Waals surface area contributed by atoms with Crippen molar-refractivity contribution in [1.29, 1.82) is 0 Å². The first-order chi connectivity index (χ1) is 16.4. The maximum atomic E-state index is 13.3. The van der Waals surface area contributed by atoms with E-state index >= 15 is 0 Å². The fourth-order valence-corrected chi connectivity index (χ4v) is 6.06. The summed E-state index contributed by atoms with van der Waals surface area (Å²) in [5, 5.41) is 2.81. The van der Waals surface area contributed by atoms with Crippen LogP contribution in [0.4, 0.5) is 5.69 Å². The molecule has 2 aromatic carbocycles. The number of hydrogen-bond acceptors (Lipinski definition) is 5. The lowest BCUT2D eigenvalue weighted by atomic mass is 10.1. The van der Waals surface area contributed by atoms with E-state index in [-0.39, 0.29) is 22.1 Å². The molecule has 8 nitrogen and oxygen atoms in total. The Bertz CT molecular complexity index is 1150. The van der Waals surface area contributed by atoms with Crippen LogP contribution in [0.3, 0.4) is 0 Å². The monoisotopic (exact) mass is 485 g/mol. The minimum atomic E-state index is -3.70. The molecule has 2 saturated heterocycles. The van der Waals surface area contributed by atoms with E-state index in [9.17, 15) is 18.0 Å². The average Bonchev–Trinajstić information content (AvgIpc) is 3.27. The molecule has 0 aromatic heterocycles. The summed E-state index contributed by atoms with van der Waals surface area (Å²) in [6.07, 6.45) is 5.80. The number of benzene rings is 2. The van der Waals surface area contributed by atoms with Crippen molar-refractivity contribution in [2.45, 2.75) is 43.4 Å². The van der Waals surface area contributed by atoms with Crippen LogP contribution in [0.5, 0.6) is 5.75 Å². The van der Waals surface area contributed by atoms with Crippen molar-refractivity contribution < 1.29 is 22.7 Å². The van der Waals surface area contributed by atoms with Gasteiger partial charge in [0, 0.05) is 26.2 Å². The smallest absolute Gasteiger partial charge is 0.259 e. The maximum Gasteiger partial charge on any atom is 0.259 e. The van der Waals surface area contributed by atoms with Crippen molar-refractivity contribution in [2.75, 3.05) is 38.6 Å². The molecule has 2 heterocycles. The van der Waals surface area contributed by atoms with E-state index in [0.29, 0.717) is 37.4 Å². The molecule has 0 spiro atoms. The van der Waals surface area contributed by atoms with Crippen molar-refractivity contribution in [3.63, 3.8) is 0 Å². The molecule has 1 N–H and O–H groups in total. The normalized spacial score (nSPS) is 17.3. The molecular weight excluding hydrogens is 454 g/mol. The Morgan fingerprint density at radius 2 is 1.50 bits per heavy atom. The van der Waals surface area contributed by atoms with Gasteiger partial charge in [-0.1, -0.05) is 25.0 Å². The zero-order valence-corrected chi connectivity index (χ0v) is 20.3. The number of nitrogens with zero attached hydrogens (tertiary/aromatic N) is 2. The number of nitrogens with one attached hydrogen (secondary N) is 1. The molecule has 0 aliphatic carbocycles. The molecule has 2 aromatic rings. The van der Waals surface area contributed by atoms with Crippen molar-refractivity contribution in [3.8, 4) is 5.75 Å². The average molecular weight is 486 g/mol. The van der Waals surface area contributed by atoms with Gasteiger partial charge in [0.25, 0.3) is 11.8 Å². The van der Waals surface area contributed by atoms with Crippen LogP contribution >= 0.6 is 0 Å². The molecule has 2 aliphatic rings. The van der Waals surface area contributed by atoms with E-state index in [0.717, 1.165) is 38.5 Å². The van der Waals surface area contributed by atoms with Gasteiger partial charge in [-0.05, 0) is 56.0 Å². The summed E-state index contributed by atoms with van der Waals surface area (Å²) < 4.78 is 32.8. The van der Waals surface area contributed by atoms with E-state index < -0.39 is 15.9 Å². The van der Waals surface area contributed by atoms with E-state index in [4.69, 9.17) is 4.74 Å². The Kier molecular flexibility index (Phi) is 7.53. The number of carbonyl (C=O) groups excluding carboxylic acids is 2. The van der Waals surface area contributed by atoms with E-state index in [1.807, 2.05) is 4.90 Å². The van der Waals surface area contributed by atoms with Gasteiger partial charge in [0.2, 0.25) is 10.0 Å². The second kappa shape index (κ2) is 10.6. The zero-order valence-electron chi connectivity index (χ0n) is 19.5. The highest BCUT2D eigenvalue weighted by atomic mass is 32.2. The SMILES string of the molecule is COc1ccc(S(=O)(=O)N2CCCC2)cc1C(=O)Nc1ccccc1C(=O)N1CCCCCC1. The lowest BCUT2D eigenvalue weighted by Gasteiger charge is -2.22. The van der Waals surface area contributed by atoms with E-state index in [2.05, 4.69) is 5.32 Å². The molecule has 2 aliphatic heterocycles. The van der Waals surface area contributed by atoms with Gasteiger partial charge in [0.05, 0.1) is 28.8 Å². The van der Waals surface area contributed by atoms with Gasteiger partial charge in [-0.3, -0.25) is 9.59 Å². The first kappa shape index (κ1) is 24.2. The highest BCUT2D eigenvalue weighted by molar-refractivity contribution is 7.89. The molecule has 4 rings (SSSR count). The van der Waals surface area contributed by atoms with E-state index in [1.165, 1.54) is 29.6 Å². The van der Waals surface area contributed by atoms with Crippen molar-refractivity contribution in [1.82, 2.24) is 9.21 Å². The summed E-state index contributed by atoms with van der Waals surface area (Å²) in [6, 6.07) is 11.2. The highest BCUT2D eigenvalue weighted by Gasteiger charge is 2.29. The highest BCUT2D eigenvalue weighted by Crippen LogP contribution is 2.28. The molecule has 182 valence electrons. The minimum Gasteiger partial charge on any atom is -0.496 e. The Labute approximate surface area is 200 Å². The maximum absolute atomic E-state index is 13.3. The van der Waals surface area contributed by atoms with Crippen LogP contribution in [0.1, 0.15) is 59.2 Å². The predicted molar refractivity (Wildman–Crippen MR) is 130 cm³/mol. The first-order valence-electron chi connectivity index (χ1n) is 11.8. The molecule has 0 atom stereocenters. The second-order valence-corrected chi connectivity index (χ2v) is 10.6. The van der Waals surface area contributed by atoms with Crippen LogP contribution in [-0.4, -0.2) is 62.7 Å². The predicted octanol–water partition coefficient (Wildman–Crippen LogP) is 3.75. The number of amides is 2. The minimum absolute atomic E-state index is 0.0503. The Morgan fingerprint density at radius 3 is 2.18 bits per heavy atom. The third kappa shape index (κ3) is 5.10. The van der Waals surface area contributed by atoms with Gasteiger partial charge >= 0.3 is 0 Å². The third-order valence-electron chi connectivity index (χ3n) is 6.42. The third-order valence-corrected chi connectivity index (χ3v) is 8.31. The molecular formula is C25H31N3O5S. The largest absolute Gasteiger partial charge is 0.496 e. The number of rotatable bonds is 6. The summed E-state index contributed by atoms with van der Waals surface area (Å²) in [6.45, 7) is 2.35. The van der Waals surface area contributed by atoms with Gasteiger partial charge in [0.1, 0.15) is 5.75 Å². The molecule has 0 bridgehead atoms. The van der Waals surface area contributed by atoms with Crippen LogP contribution < -0.4 is 10.1 Å². The number of ether oxygens (including phenoxy) is 1. The fraction of sp³-hybridized carbons (Fsp3) is 0.440. The van der Waals surface area contributed by atoms with E-state index in [1.54, 1.807) is 24.3 Å². The van der Waals surface area contributed by atoms with Crippen LogP contribution in [0.2, 0.25) is 0 Å². The van der Waals surface area contributed by atoms with Crippen molar-refractivity contribution in [2.24, 2.45) is 0 Å². The number of sulfonamides is 1. The molecule has 2 fully saturated rings. The summed E-state index contributed by atoms with van der Waals surface area (Å²) >= 11 is 0. The zero-order chi connectivity index (χ0) is 24.1. The molecule has 0 radical (unpaired) electrons. The molecule has 2 amide bonds. The Morgan fingerprint density at radius 1 is 0.853 bits per heavy atom. The molecule has 9 heteroatoms. The fourth-order valence-electron chi connectivity index (χ4n) is 4.51. The van der Waals surface area contributed by atoms with Gasteiger partial charge < -0.3 is 15.0 Å². The molecule has 0 unspecified atom stereocenters. The first-order valence-corrected chi connectivity index (χ1v) is 13.2. The van der Waals surface area contributed by atoms with Crippen molar-refractivity contribution >= 4 is 27.5 Å². The van der Waals surface area contributed by atoms with Gasteiger partial charge in [-0.25, -0.2) is 8.42 Å². The molecule has 0 saturated carbocycles. The molecule has 34 heavy (non-hydrogen) atoms. The number of carbonyl (C=O) groups is 2. The standard InChI is InChI=1S/C25H31N3O5S/c1-33-23-13-12-19(34(31,32)28-16-8-9-17-28)18-21(23)24(29)26-22-11-5-4-10-20(22)25(30)27-14-6-2-3-7-15-27/h4-5,10-13,18H,2-3,6-9,14-17H2,1H3,(H,26,29). The number of likely N-dealkylation sites (tertiary alicyclic amines) is 1. The Balaban J connectivity index is 1.61. The summed E-state index contributed by atoms with van der Waals surface area (Å²) in [7, 11) is -2.27. The van der Waals surface area contributed by atoms with Gasteiger partial charge in [-0.15, -0.1) is 0 Å². The van der Waals surface area contributed by atoms with Crippen LogP contribution in [0.15, 0.2) is 47.4 Å². The van der Waals surface area contributed by atoms with Gasteiger partial charge in [-0.2, -0.15) is 4.31 Å². The topological polar surface area (TPSA) is 96.0 Å². The van der Waals surface area contributed by atoms with Gasteiger partial charge in [0.15, 0.2) is 0 Å². The number of para-hydroxylation sites is 1. The lowest BCUT2D eigenvalue weighted by molar-refractivity contribution is 0.0762. The Hall–Kier alpha value is -2.91. The number of anilines is 1. The summed E-state index contributed by atoms with van der Waals surface area (Å²) in [5.41, 5.74) is 0.897. The summed E-state index contributed by atoms with van der Waals surface area (Å²) in [4.78, 5) is 28.4. The van der Waals surface area contributed by atoms with Crippen LogP contribution in [-0.2, 0) is 10.0 Å². The van der Waals surface area contributed by atoms with Crippen LogP contribution in [0, 0.1) is 0 Å². The second-order valence-electron chi connectivity index (χ2n) is 8.68. The van der Waals surface area contributed by atoms with Crippen LogP contribution in [0.25, 0.3) is 0 Å². The number of hydrogen-bond donors (Lipinski definition) is 1. The summed E-state index contributed by atoms with van der Waals surface area (Å²) in [5.74, 6) is -0.393. The van der Waals surface area contributed by atoms with Crippen molar-refractivity contribution in [3.05, 3.63) is 53.6 Å². The number of methoxy groups -OCH3 is 1.